The van der Waals surface area contributed by atoms with Crippen molar-refractivity contribution in [2.24, 2.45) is 0 Å². The van der Waals surface area contributed by atoms with Crippen LogP contribution in [0.3, 0.4) is 0 Å². The lowest BCUT2D eigenvalue weighted by molar-refractivity contribution is -0.121. The van der Waals surface area contributed by atoms with Crippen LogP contribution in [0.15, 0.2) is 53.0 Å². The first-order valence-electron chi connectivity index (χ1n) is 7.35. The standard InChI is InChI=1S/C18H20BrNO2/c1-14-5-2-3-6-15(14)9-11-20-18(21)10-12-22-17-8-4-7-16(19)13-17/h2-8,13H,9-12H2,1H3,(H,20,21). The molecule has 0 aliphatic heterocycles. The van der Waals surface area contributed by atoms with Crippen LogP contribution in [0.1, 0.15) is 17.5 Å². The van der Waals surface area contributed by atoms with E-state index in [1.165, 1.54) is 11.1 Å². The van der Waals surface area contributed by atoms with Crippen molar-refractivity contribution in [3.05, 3.63) is 64.1 Å². The van der Waals surface area contributed by atoms with Crippen molar-refractivity contribution in [1.82, 2.24) is 5.32 Å². The molecule has 1 amide bonds. The molecule has 2 aromatic carbocycles. The molecule has 4 heteroatoms. The molecule has 3 nitrogen and oxygen atoms in total. The van der Waals surface area contributed by atoms with Gasteiger partial charge in [0.05, 0.1) is 13.0 Å². The Bertz CT molecular complexity index is 628. The molecule has 0 atom stereocenters. The topological polar surface area (TPSA) is 38.3 Å². The first-order chi connectivity index (χ1) is 10.6. The van der Waals surface area contributed by atoms with Crippen molar-refractivity contribution in [3.63, 3.8) is 0 Å². The molecule has 2 rings (SSSR count). The van der Waals surface area contributed by atoms with Gasteiger partial charge < -0.3 is 10.1 Å². The Hall–Kier alpha value is -1.81. The highest BCUT2D eigenvalue weighted by atomic mass is 79.9. The molecule has 116 valence electrons. The van der Waals surface area contributed by atoms with Gasteiger partial charge in [-0.05, 0) is 42.7 Å². The van der Waals surface area contributed by atoms with E-state index in [0.29, 0.717) is 19.6 Å². The van der Waals surface area contributed by atoms with Crippen LogP contribution in [0, 0.1) is 6.92 Å². The van der Waals surface area contributed by atoms with Gasteiger partial charge in [0.25, 0.3) is 0 Å². The van der Waals surface area contributed by atoms with E-state index in [2.05, 4.69) is 40.3 Å². The summed E-state index contributed by atoms with van der Waals surface area (Å²) >= 11 is 3.39. The van der Waals surface area contributed by atoms with Crippen LogP contribution in [0.2, 0.25) is 0 Å². The van der Waals surface area contributed by atoms with Crippen LogP contribution in [0.4, 0.5) is 0 Å². The molecular formula is C18H20BrNO2. The zero-order valence-electron chi connectivity index (χ0n) is 12.6. The highest BCUT2D eigenvalue weighted by molar-refractivity contribution is 9.10. The zero-order chi connectivity index (χ0) is 15.8. The lowest BCUT2D eigenvalue weighted by Gasteiger charge is -2.09. The third kappa shape index (κ3) is 5.53. The molecule has 0 fully saturated rings. The fourth-order valence-corrected chi connectivity index (χ4v) is 2.51. The molecule has 0 bridgehead atoms. The summed E-state index contributed by atoms with van der Waals surface area (Å²) in [7, 11) is 0. The van der Waals surface area contributed by atoms with Gasteiger partial charge in [0.15, 0.2) is 0 Å². The molecule has 0 aromatic heterocycles. The van der Waals surface area contributed by atoms with E-state index in [1.54, 1.807) is 0 Å². The molecule has 22 heavy (non-hydrogen) atoms. The van der Waals surface area contributed by atoms with E-state index in [1.807, 2.05) is 36.4 Å². The number of hydrogen-bond donors (Lipinski definition) is 1. The summed E-state index contributed by atoms with van der Waals surface area (Å²) in [6.07, 6.45) is 1.21. The fraction of sp³-hybridized carbons (Fsp3) is 0.278. The third-order valence-corrected chi connectivity index (χ3v) is 3.86. The van der Waals surface area contributed by atoms with E-state index in [0.717, 1.165) is 16.6 Å². The van der Waals surface area contributed by atoms with Gasteiger partial charge in [0.1, 0.15) is 5.75 Å². The Labute approximate surface area is 139 Å². The second-order valence-corrected chi connectivity index (χ2v) is 6.00. The Morgan fingerprint density at radius 3 is 2.77 bits per heavy atom. The molecule has 1 N–H and O–H groups in total. The highest BCUT2D eigenvalue weighted by Gasteiger charge is 2.03. The van der Waals surface area contributed by atoms with Gasteiger partial charge in [-0.1, -0.05) is 46.3 Å². The second kappa shape index (κ2) is 8.59. The van der Waals surface area contributed by atoms with Gasteiger partial charge in [-0.3, -0.25) is 4.79 Å². The second-order valence-electron chi connectivity index (χ2n) is 5.08. The minimum absolute atomic E-state index is 0.0172. The number of hydrogen-bond acceptors (Lipinski definition) is 2. The van der Waals surface area contributed by atoms with Gasteiger partial charge in [0.2, 0.25) is 5.91 Å². The number of amides is 1. The summed E-state index contributed by atoms with van der Waals surface area (Å²) < 4.78 is 6.52. The van der Waals surface area contributed by atoms with Crippen molar-refractivity contribution in [1.29, 1.82) is 0 Å². The van der Waals surface area contributed by atoms with Crippen LogP contribution < -0.4 is 10.1 Å². The van der Waals surface area contributed by atoms with Gasteiger partial charge in [-0.15, -0.1) is 0 Å². The summed E-state index contributed by atoms with van der Waals surface area (Å²) in [5.41, 5.74) is 2.53. The molecule has 0 heterocycles. The maximum atomic E-state index is 11.8. The van der Waals surface area contributed by atoms with Gasteiger partial charge in [-0.25, -0.2) is 0 Å². The number of carbonyl (C=O) groups excluding carboxylic acids is 1. The highest BCUT2D eigenvalue weighted by Crippen LogP contribution is 2.17. The molecule has 0 aliphatic rings. The van der Waals surface area contributed by atoms with Crippen molar-refractivity contribution in [3.8, 4) is 5.75 Å². The van der Waals surface area contributed by atoms with Gasteiger partial charge in [-0.2, -0.15) is 0 Å². The number of ether oxygens (including phenoxy) is 1. The van der Waals surface area contributed by atoms with Crippen LogP contribution >= 0.6 is 15.9 Å². The Morgan fingerprint density at radius 2 is 2.00 bits per heavy atom. The largest absolute Gasteiger partial charge is 0.493 e. The summed E-state index contributed by atoms with van der Waals surface area (Å²) in [5.74, 6) is 0.783. The maximum absolute atomic E-state index is 11.8. The molecule has 0 radical (unpaired) electrons. The number of rotatable bonds is 7. The number of carbonyl (C=O) groups is 1. The normalized spacial score (nSPS) is 10.3. The quantitative estimate of drug-likeness (QED) is 0.812. The van der Waals surface area contributed by atoms with Crippen LogP contribution in [0.25, 0.3) is 0 Å². The number of nitrogens with one attached hydrogen (secondary N) is 1. The van der Waals surface area contributed by atoms with Gasteiger partial charge in [0, 0.05) is 11.0 Å². The maximum Gasteiger partial charge on any atom is 0.223 e. The number of aryl methyl sites for hydroxylation is 1. The average molecular weight is 362 g/mol. The van der Waals surface area contributed by atoms with Crippen LogP contribution in [-0.4, -0.2) is 19.1 Å². The predicted molar refractivity (Wildman–Crippen MR) is 92.1 cm³/mol. The van der Waals surface area contributed by atoms with E-state index in [9.17, 15) is 4.79 Å². The first-order valence-corrected chi connectivity index (χ1v) is 8.14. The predicted octanol–water partition coefficient (Wildman–Crippen LogP) is 3.89. The van der Waals surface area contributed by atoms with Gasteiger partial charge >= 0.3 is 0 Å². The Kier molecular flexibility index (Phi) is 6.46. The van der Waals surface area contributed by atoms with E-state index >= 15 is 0 Å². The molecule has 0 aliphatic carbocycles. The lowest BCUT2D eigenvalue weighted by Crippen LogP contribution is -2.27. The number of halogens is 1. The summed E-state index contributed by atoms with van der Waals surface area (Å²) in [6.45, 7) is 3.12. The first kappa shape index (κ1) is 16.6. The summed E-state index contributed by atoms with van der Waals surface area (Å²) in [5, 5.41) is 2.93. The van der Waals surface area contributed by atoms with Crippen molar-refractivity contribution < 1.29 is 9.53 Å². The lowest BCUT2D eigenvalue weighted by atomic mass is 10.1. The van der Waals surface area contributed by atoms with E-state index in [4.69, 9.17) is 4.74 Å². The minimum atomic E-state index is 0.0172. The van der Waals surface area contributed by atoms with Crippen molar-refractivity contribution in [2.75, 3.05) is 13.2 Å². The Morgan fingerprint density at radius 1 is 1.18 bits per heavy atom. The molecule has 0 saturated carbocycles. The zero-order valence-corrected chi connectivity index (χ0v) is 14.2. The molecule has 0 saturated heterocycles. The SMILES string of the molecule is Cc1ccccc1CCNC(=O)CCOc1cccc(Br)c1. The monoisotopic (exact) mass is 361 g/mol. The number of benzene rings is 2. The molecule has 0 spiro atoms. The third-order valence-electron chi connectivity index (χ3n) is 3.37. The van der Waals surface area contributed by atoms with Crippen LogP contribution in [0.5, 0.6) is 5.75 Å². The molecule has 2 aromatic rings. The van der Waals surface area contributed by atoms with Crippen LogP contribution in [-0.2, 0) is 11.2 Å². The fourth-order valence-electron chi connectivity index (χ4n) is 2.13. The molecule has 0 unspecified atom stereocenters. The summed E-state index contributed by atoms with van der Waals surface area (Å²) in [6, 6.07) is 15.8. The van der Waals surface area contributed by atoms with Crippen molar-refractivity contribution in [2.45, 2.75) is 19.8 Å². The van der Waals surface area contributed by atoms with E-state index < -0.39 is 0 Å². The summed E-state index contributed by atoms with van der Waals surface area (Å²) in [4.78, 5) is 11.8. The van der Waals surface area contributed by atoms with Crippen molar-refractivity contribution >= 4 is 21.8 Å². The van der Waals surface area contributed by atoms with E-state index in [-0.39, 0.29) is 5.91 Å². The smallest absolute Gasteiger partial charge is 0.223 e. The Balaban J connectivity index is 1.65. The average Bonchev–Trinajstić information content (AvgIpc) is 2.49. The molecular weight excluding hydrogens is 342 g/mol. The minimum Gasteiger partial charge on any atom is -0.493 e.